The van der Waals surface area contributed by atoms with Crippen LogP contribution in [0, 0.1) is 5.92 Å². The van der Waals surface area contributed by atoms with E-state index in [1.165, 1.54) is 0 Å². The van der Waals surface area contributed by atoms with E-state index in [4.69, 9.17) is 4.74 Å². The first kappa shape index (κ1) is 13.9. The van der Waals surface area contributed by atoms with Crippen LogP contribution in [-0.4, -0.2) is 36.5 Å². The molecule has 1 aliphatic heterocycles. The van der Waals surface area contributed by atoms with Crippen LogP contribution < -0.4 is 5.32 Å². The van der Waals surface area contributed by atoms with Crippen LogP contribution in [-0.2, 0) is 4.74 Å². The number of aliphatic hydroxyl groups excluding tert-OH is 1. The highest BCUT2D eigenvalue weighted by Crippen LogP contribution is 2.20. The summed E-state index contributed by atoms with van der Waals surface area (Å²) in [5.41, 5.74) is 0. The van der Waals surface area contributed by atoms with Crippen LogP contribution in [0.3, 0.4) is 0 Å². The van der Waals surface area contributed by atoms with Crippen molar-refractivity contribution in [1.82, 2.24) is 5.32 Å². The van der Waals surface area contributed by atoms with Crippen LogP contribution in [0.2, 0.25) is 0 Å². The molecule has 1 heterocycles. The van der Waals surface area contributed by atoms with E-state index in [1.54, 1.807) is 0 Å². The second kappa shape index (κ2) is 7.25. The molecule has 0 radical (unpaired) electrons. The number of hydrogen-bond donors (Lipinski definition) is 2. The Hall–Kier alpha value is -0.120. The van der Waals surface area contributed by atoms with Gasteiger partial charge in [0.2, 0.25) is 0 Å². The first-order valence-corrected chi connectivity index (χ1v) is 6.66. The molecule has 16 heavy (non-hydrogen) atoms. The molecule has 1 rings (SSSR count). The molecule has 96 valence electrons. The molecule has 1 aliphatic rings. The van der Waals surface area contributed by atoms with Crippen LogP contribution in [0.1, 0.15) is 46.5 Å². The van der Waals surface area contributed by atoms with E-state index in [-0.39, 0.29) is 6.10 Å². The Bertz CT molecular complexity index is 185. The van der Waals surface area contributed by atoms with Gasteiger partial charge in [-0.05, 0) is 38.1 Å². The van der Waals surface area contributed by atoms with Crippen molar-refractivity contribution in [3.8, 4) is 0 Å². The lowest BCUT2D eigenvalue weighted by atomic mass is 9.95. The lowest BCUT2D eigenvalue weighted by molar-refractivity contribution is -0.0246. The topological polar surface area (TPSA) is 41.5 Å². The van der Waals surface area contributed by atoms with Gasteiger partial charge in [0.1, 0.15) is 0 Å². The molecule has 2 N–H and O–H groups in total. The maximum atomic E-state index is 9.46. The molecule has 3 atom stereocenters. The molecule has 3 nitrogen and oxygen atoms in total. The number of aliphatic hydroxyl groups is 1. The molecule has 1 fully saturated rings. The predicted octanol–water partition coefficient (Wildman–Crippen LogP) is 1.94. The van der Waals surface area contributed by atoms with Crippen LogP contribution >= 0.6 is 0 Å². The maximum absolute atomic E-state index is 9.46. The summed E-state index contributed by atoms with van der Waals surface area (Å²) in [6.45, 7) is 8.25. The van der Waals surface area contributed by atoms with Crippen molar-refractivity contribution in [2.75, 3.05) is 13.2 Å². The Kier molecular flexibility index (Phi) is 6.32. The number of rotatable bonds is 6. The molecule has 0 spiro atoms. The monoisotopic (exact) mass is 229 g/mol. The molecule has 3 unspecified atom stereocenters. The van der Waals surface area contributed by atoms with Crippen molar-refractivity contribution in [2.24, 2.45) is 5.92 Å². The quantitative estimate of drug-likeness (QED) is 0.731. The van der Waals surface area contributed by atoms with Gasteiger partial charge < -0.3 is 15.2 Å². The lowest BCUT2D eigenvalue weighted by Gasteiger charge is -2.32. The Labute approximate surface area is 99.6 Å². The molecule has 0 aromatic carbocycles. The van der Waals surface area contributed by atoms with Crippen LogP contribution in [0.4, 0.5) is 0 Å². The zero-order chi connectivity index (χ0) is 12.0. The number of nitrogens with one attached hydrogen (secondary N) is 1. The van der Waals surface area contributed by atoms with E-state index in [9.17, 15) is 5.11 Å². The van der Waals surface area contributed by atoms with E-state index >= 15 is 0 Å². The summed E-state index contributed by atoms with van der Waals surface area (Å²) in [4.78, 5) is 0. The van der Waals surface area contributed by atoms with Crippen molar-refractivity contribution in [3.05, 3.63) is 0 Å². The van der Waals surface area contributed by atoms with E-state index in [2.05, 4.69) is 19.2 Å². The van der Waals surface area contributed by atoms with Gasteiger partial charge in [0.15, 0.2) is 0 Å². The average Bonchev–Trinajstić information content (AvgIpc) is 2.29. The fraction of sp³-hybridized carbons (Fsp3) is 1.00. The first-order chi connectivity index (χ1) is 7.63. The van der Waals surface area contributed by atoms with Gasteiger partial charge >= 0.3 is 0 Å². The van der Waals surface area contributed by atoms with Gasteiger partial charge in [0.05, 0.1) is 12.2 Å². The molecule has 0 aromatic heterocycles. The van der Waals surface area contributed by atoms with Gasteiger partial charge in [-0.25, -0.2) is 0 Å². The smallest absolute Gasteiger partial charge is 0.0612 e. The largest absolute Gasteiger partial charge is 0.393 e. The van der Waals surface area contributed by atoms with E-state index in [0.717, 1.165) is 38.8 Å². The Morgan fingerprint density at radius 3 is 2.81 bits per heavy atom. The van der Waals surface area contributed by atoms with Gasteiger partial charge in [-0.3, -0.25) is 0 Å². The fourth-order valence-electron chi connectivity index (χ4n) is 2.14. The third-order valence-corrected chi connectivity index (χ3v) is 3.44. The average molecular weight is 229 g/mol. The van der Waals surface area contributed by atoms with E-state index in [1.807, 2.05) is 6.92 Å². The van der Waals surface area contributed by atoms with Crippen LogP contribution in [0.15, 0.2) is 0 Å². The molecule has 3 heteroatoms. The first-order valence-electron chi connectivity index (χ1n) is 6.66. The fourth-order valence-corrected chi connectivity index (χ4v) is 2.14. The van der Waals surface area contributed by atoms with Crippen molar-refractivity contribution in [1.29, 1.82) is 0 Å². The molecular weight excluding hydrogens is 202 g/mol. The van der Waals surface area contributed by atoms with Crippen LogP contribution in [0.5, 0.6) is 0 Å². The Morgan fingerprint density at radius 2 is 2.19 bits per heavy atom. The second-order valence-corrected chi connectivity index (χ2v) is 5.18. The highest BCUT2D eigenvalue weighted by atomic mass is 16.5. The number of ether oxygens (including phenoxy) is 1. The minimum atomic E-state index is -0.145. The second-order valence-electron chi connectivity index (χ2n) is 5.18. The lowest BCUT2D eigenvalue weighted by Crippen LogP contribution is -2.41. The van der Waals surface area contributed by atoms with Gasteiger partial charge in [-0.15, -0.1) is 0 Å². The highest BCUT2D eigenvalue weighted by molar-refractivity contribution is 4.78. The molecule has 0 saturated carbocycles. The molecule has 0 amide bonds. The number of hydrogen-bond acceptors (Lipinski definition) is 3. The zero-order valence-electron chi connectivity index (χ0n) is 10.9. The summed E-state index contributed by atoms with van der Waals surface area (Å²) >= 11 is 0. The molecule has 0 bridgehead atoms. The molecular formula is C13H27NO2. The minimum Gasteiger partial charge on any atom is -0.393 e. The van der Waals surface area contributed by atoms with Crippen molar-refractivity contribution in [3.63, 3.8) is 0 Å². The summed E-state index contributed by atoms with van der Waals surface area (Å²) in [5.74, 6) is 0.603. The van der Waals surface area contributed by atoms with E-state index in [0.29, 0.717) is 18.1 Å². The molecule has 1 saturated heterocycles. The van der Waals surface area contributed by atoms with Crippen molar-refractivity contribution >= 4 is 0 Å². The third kappa shape index (κ3) is 4.81. The summed E-state index contributed by atoms with van der Waals surface area (Å²) in [6, 6.07) is 0.574. The summed E-state index contributed by atoms with van der Waals surface area (Å²) in [6.07, 6.45) is 4.19. The Morgan fingerprint density at radius 1 is 1.44 bits per heavy atom. The highest BCUT2D eigenvalue weighted by Gasteiger charge is 2.24. The van der Waals surface area contributed by atoms with Gasteiger partial charge in [-0.2, -0.15) is 0 Å². The zero-order valence-corrected chi connectivity index (χ0v) is 10.9. The summed E-state index contributed by atoms with van der Waals surface area (Å²) < 4.78 is 5.73. The van der Waals surface area contributed by atoms with Crippen LogP contribution in [0.25, 0.3) is 0 Å². The van der Waals surface area contributed by atoms with Crippen molar-refractivity contribution < 1.29 is 9.84 Å². The predicted molar refractivity (Wildman–Crippen MR) is 66.5 cm³/mol. The molecule has 0 aromatic rings. The normalized spacial score (nSPS) is 28.3. The standard InChI is InChI=1S/C13H27NO2/c1-4-12(15)5-7-14-11-6-8-16-13(9-11)10(2)3/h10-15H,4-9H2,1-3H3. The van der Waals surface area contributed by atoms with Crippen molar-refractivity contribution in [2.45, 2.75) is 64.7 Å². The van der Waals surface area contributed by atoms with Gasteiger partial charge in [-0.1, -0.05) is 20.8 Å². The summed E-state index contributed by atoms with van der Waals surface area (Å²) in [5, 5.41) is 13.0. The Balaban J connectivity index is 2.17. The summed E-state index contributed by atoms with van der Waals surface area (Å²) in [7, 11) is 0. The third-order valence-electron chi connectivity index (χ3n) is 3.44. The minimum absolute atomic E-state index is 0.145. The maximum Gasteiger partial charge on any atom is 0.0612 e. The SMILES string of the molecule is CCC(O)CCNC1CCOC(C(C)C)C1. The van der Waals surface area contributed by atoms with Gasteiger partial charge in [0.25, 0.3) is 0 Å². The molecule has 0 aliphatic carbocycles. The van der Waals surface area contributed by atoms with E-state index < -0.39 is 0 Å². The van der Waals surface area contributed by atoms with Gasteiger partial charge in [0, 0.05) is 12.6 Å².